The minimum Gasteiger partial charge on any atom is -0.398 e. The van der Waals surface area contributed by atoms with Gasteiger partial charge >= 0.3 is 18.5 Å². The summed E-state index contributed by atoms with van der Waals surface area (Å²) in [6.07, 6.45) is -13.5. The zero-order chi connectivity index (χ0) is 37.3. The third kappa shape index (κ3) is 8.83. The van der Waals surface area contributed by atoms with Crippen LogP contribution < -0.4 is 11.5 Å². The van der Waals surface area contributed by atoms with Gasteiger partial charge in [-0.05, 0) is 90.1 Å². The second kappa shape index (κ2) is 14.0. The van der Waals surface area contributed by atoms with Crippen LogP contribution in [0.25, 0.3) is 0 Å². The van der Waals surface area contributed by atoms with Crippen LogP contribution in [-0.2, 0) is 18.5 Å². The molecule has 3 rings (SSSR count). The van der Waals surface area contributed by atoms with Gasteiger partial charge in [0.2, 0.25) is 0 Å². The van der Waals surface area contributed by atoms with Gasteiger partial charge < -0.3 is 11.5 Å². The maximum atomic E-state index is 12.9. The summed E-state index contributed by atoms with van der Waals surface area (Å²) in [6.45, 7) is 12.0. The van der Waals surface area contributed by atoms with Crippen molar-refractivity contribution >= 4 is 22.7 Å². The molecule has 0 aliphatic heterocycles. The number of hydrogen-bond acceptors (Lipinski definition) is 6. The molecule has 0 unspecified atom stereocenters. The Labute approximate surface area is 263 Å². The minimum absolute atomic E-state index is 0.0479. The van der Waals surface area contributed by atoms with Crippen LogP contribution in [-0.4, -0.2) is 9.85 Å². The first-order valence-corrected chi connectivity index (χ1v) is 13.4. The number of hydrogen-bond donors (Lipinski definition) is 2. The molecule has 0 amide bonds. The minimum atomic E-state index is -4.89. The van der Waals surface area contributed by atoms with Gasteiger partial charge in [0, 0.05) is 22.5 Å². The number of nitro groups is 2. The fourth-order valence-corrected chi connectivity index (χ4v) is 5.48. The molecule has 0 aliphatic rings. The van der Waals surface area contributed by atoms with Crippen LogP contribution in [0.15, 0.2) is 12.1 Å². The number of halogens is 9. The molecule has 47 heavy (non-hydrogen) atoms. The predicted octanol–water partition coefficient (Wildman–Crippen LogP) is 9.87. The molecule has 0 aliphatic carbocycles. The molecule has 4 N–H and O–H groups in total. The molecule has 17 heteroatoms. The van der Waals surface area contributed by atoms with Crippen LogP contribution in [0.3, 0.4) is 0 Å². The summed E-state index contributed by atoms with van der Waals surface area (Å²) in [7, 11) is 0. The molecule has 0 saturated heterocycles. The first-order valence-electron chi connectivity index (χ1n) is 13.4. The van der Waals surface area contributed by atoms with Crippen LogP contribution in [0.2, 0.25) is 0 Å². The van der Waals surface area contributed by atoms with E-state index >= 15 is 0 Å². The van der Waals surface area contributed by atoms with Gasteiger partial charge in [-0.25, -0.2) is 0 Å². The molecule has 0 heterocycles. The van der Waals surface area contributed by atoms with Crippen LogP contribution in [0.5, 0.6) is 0 Å². The number of aryl methyl sites for hydroxylation is 3. The van der Waals surface area contributed by atoms with Crippen molar-refractivity contribution in [1.29, 1.82) is 0 Å². The number of nitro benzene ring substituents is 2. The van der Waals surface area contributed by atoms with Crippen LogP contribution in [0.4, 0.5) is 62.3 Å². The van der Waals surface area contributed by atoms with Gasteiger partial charge in [0.15, 0.2) is 0 Å². The van der Waals surface area contributed by atoms with Crippen LogP contribution in [0, 0.1) is 82.5 Å². The molecule has 0 atom stereocenters. The Morgan fingerprint density at radius 3 is 1.02 bits per heavy atom. The van der Waals surface area contributed by atoms with Crippen molar-refractivity contribution < 1.29 is 49.4 Å². The summed E-state index contributed by atoms with van der Waals surface area (Å²) in [5, 5.41) is 21.6. The fraction of sp³-hybridized carbons (Fsp3) is 0.400. The summed E-state index contributed by atoms with van der Waals surface area (Å²) in [6, 6.07) is 3.10. The lowest BCUT2D eigenvalue weighted by atomic mass is 9.94. The highest BCUT2D eigenvalue weighted by atomic mass is 19.4. The Morgan fingerprint density at radius 2 is 0.766 bits per heavy atom. The standard InChI is InChI=1S/C10H9F3N2O4.C10H13F3N2.C10H11F3/c1-4-7(10(11,12)13)5(2)9(15(18)19)6(3)8(4)14(16)17;1-4-7(10(11,12)13)5(2)9(15)6(3)8(4)14;1-6-4-7(2)9(8(3)5-6)10(11,12)13/h1-3H3;14-15H2,1-3H3;4-5H,1-3H3. The van der Waals surface area contributed by atoms with E-state index in [0.717, 1.165) is 26.3 Å². The number of rotatable bonds is 2. The maximum Gasteiger partial charge on any atom is 0.417 e. The number of benzene rings is 3. The SMILES string of the molecule is Cc1c(N)c(C)c(C(F)(F)F)c(C)c1N.Cc1c([N+](=O)[O-])c(C)c(C(F)(F)F)c(C)c1[N+](=O)[O-].Cc1cc(C)c(C(F)(F)F)c(C)c1. The number of anilines is 2. The maximum absolute atomic E-state index is 12.9. The smallest absolute Gasteiger partial charge is 0.398 e. The Bertz CT molecular complexity index is 1620. The lowest BCUT2D eigenvalue weighted by Gasteiger charge is -2.19. The summed E-state index contributed by atoms with van der Waals surface area (Å²) in [5.74, 6) is 0. The Hall–Kier alpha value is -4.57. The van der Waals surface area contributed by atoms with E-state index in [-0.39, 0.29) is 28.1 Å². The zero-order valence-corrected chi connectivity index (χ0v) is 26.7. The van der Waals surface area contributed by atoms with E-state index < -0.39 is 67.6 Å². The lowest BCUT2D eigenvalue weighted by Crippen LogP contribution is -2.15. The first-order chi connectivity index (χ1) is 21.0. The molecule has 0 fully saturated rings. The third-order valence-electron chi connectivity index (χ3n) is 7.43. The Morgan fingerprint density at radius 1 is 0.489 bits per heavy atom. The largest absolute Gasteiger partial charge is 0.417 e. The monoisotopic (exact) mass is 684 g/mol. The molecule has 0 saturated carbocycles. The quantitative estimate of drug-likeness (QED) is 0.119. The lowest BCUT2D eigenvalue weighted by molar-refractivity contribution is -0.396. The first kappa shape index (κ1) is 40.5. The molecule has 0 aromatic heterocycles. The van der Waals surface area contributed by atoms with Crippen molar-refractivity contribution in [3.05, 3.63) is 99.1 Å². The van der Waals surface area contributed by atoms with E-state index in [2.05, 4.69) is 0 Å². The second-order valence-electron chi connectivity index (χ2n) is 10.8. The topological polar surface area (TPSA) is 138 Å². The summed E-state index contributed by atoms with van der Waals surface area (Å²) >= 11 is 0. The fourth-order valence-electron chi connectivity index (χ4n) is 5.48. The van der Waals surface area contributed by atoms with E-state index in [1.807, 2.05) is 0 Å². The number of nitrogens with two attached hydrogens (primary N) is 2. The Balaban J connectivity index is 0.000000359. The number of nitrogen functional groups attached to an aromatic ring is 2. The molecular formula is C30H33F9N4O4. The molecule has 3 aromatic carbocycles. The van der Waals surface area contributed by atoms with E-state index in [1.54, 1.807) is 26.0 Å². The van der Waals surface area contributed by atoms with E-state index in [0.29, 0.717) is 16.7 Å². The highest BCUT2D eigenvalue weighted by Crippen LogP contribution is 2.44. The molecule has 0 bridgehead atoms. The molecule has 0 spiro atoms. The van der Waals surface area contributed by atoms with Gasteiger partial charge in [-0.15, -0.1) is 0 Å². The van der Waals surface area contributed by atoms with E-state index in [1.165, 1.54) is 27.7 Å². The highest BCUT2D eigenvalue weighted by molar-refractivity contribution is 5.71. The van der Waals surface area contributed by atoms with Gasteiger partial charge in [-0.3, -0.25) is 20.2 Å². The predicted molar refractivity (Wildman–Crippen MR) is 159 cm³/mol. The van der Waals surface area contributed by atoms with Crippen molar-refractivity contribution in [3.8, 4) is 0 Å². The molecule has 3 aromatic rings. The molecule has 8 nitrogen and oxygen atoms in total. The molecule has 0 radical (unpaired) electrons. The second-order valence-corrected chi connectivity index (χ2v) is 10.8. The van der Waals surface area contributed by atoms with Crippen molar-refractivity contribution in [2.24, 2.45) is 0 Å². The Kier molecular flexibility index (Phi) is 12.1. The summed E-state index contributed by atoms with van der Waals surface area (Å²) in [4.78, 5) is 19.6. The van der Waals surface area contributed by atoms with Gasteiger partial charge in [0.25, 0.3) is 11.4 Å². The number of nitrogens with zero attached hydrogens (tertiary/aromatic N) is 2. The average molecular weight is 685 g/mol. The van der Waals surface area contributed by atoms with Crippen molar-refractivity contribution in [2.45, 2.75) is 80.8 Å². The van der Waals surface area contributed by atoms with E-state index in [4.69, 9.17) is 11.5 Å². The van der Waals surface area contributed by atoms with Crippen LogP contribution >= 0.6 is 0 Å². The average Bonchev–Trinajstić information content (AvgIpc) is 2.83. The van der Waals surface area contributed by atoms with Crippen LogP contribution in [0.1, 0.15) is 66.8 Å². The number of alkyl halides is 9. The van der Waals surface area contributed by atoms with Crippen molar-refractivity contribution in [3.63, 3.8) is 0 Å². The van der Waals surface area contributed by atoms with Crippen molar-refractivity contribution in [2.75, 3.05) is 11.5 Å². The van der Waals surface area contributed by atoms with Gasteiger partial charge in [0.05, 0.1) is 26.5 Å². The van der Waals surface area contributed by atoms with Gasteiger partial charge in [0.1, 0.15) is 5.56 Å². The zero-order valence-electron chi connectivity index (χ0n) is 26.7. The summed E-state index contributed by atoms with van der Waals surface area (Å²) < 4.78 is 114. The van der Waals surface area contributed by atoms with Crippen molar-refractivity contribution in [1.82, 2.24) is 0 Å². The third-order valence-corrected chi connectivity index (χ3v) is 7.43. The van der Waals surface area contributed by atoms with E-state index in [9.17, 15) is 59.7 Å². The highest BCUT2D eigenvalue weighted by Gasteiger charge is 2.42. The normalized spacial score (nSPS) is 11.7. The molecule has 260 valence electrons. The molecular weight excluding hydrogens is 651 g/mol. The summed E-state index contributed by atoms with van der Waals surface area (Å²) in [5.41, 5.74) is 7.55. The van der Waals surface area contributed by atoms with Gasteiger partial charge in [-0.2, -0.15) is 39.5 Å². The van der Waals surface area contributed by atoms with Gasteiger partial charge in [-0.1, -0.05) is 17.7 Å².